The van der Waals surface area contributed by atoms with Gasteiger partial charge in [-0.1, -0.05) is 84.4 Å². The Morgan fingerprint density at radius 3 is 2.45 bits per heavy atom. The van der Waals surface area contributed by atoms with Crippen molar-refractivity contribution < 1.29 is 0 Å². The van der Waals surface area contributed by atoms with Crippen molar-refractivity contribution in [3.63, 3.8) is 0 Å². The molecule has 1 heterocycles. The Bertz CT molecular complexity index is 1280. The van der Waals surface area contributed by atoms with E-state index in [4.69, 9.17) is 4.98 Å². The van der Waals surface area contributed by atoms with Gasteiger partial charge in [-0.2, -0.15) is 0 Å². The maximum Gasteiger partial charge on any atom is 0.114 e. The van der Waals surface area contributed by atoms with Crippen LogP contribution in [0.25, 0.3) is 21.8 Å². The molecule has 0 radical (unpaired) electrons. The summed E-state index contributed by atoms with van der Waals surface area (Å²) in [5.41, 5.74) is 6.17. The van der Waals surface area contributed by atoms with Gasteiger partial charge in [0.1, 0.15) is 5.82 Å². The molecular weight excluding hydrogens is 376 g/mol. The van der Waals surface area contributed by atoms with E-state index in [0.717, 1.165) is 24.3 Å². The normalized spacial score (nSPS) is 10.9. The van der Waals surface area contributed by atoms with Crippen LogP contribution in [-0.4, -0.2) is 9.55 Å². The average molecular weight is 399 g/mol. The summed E-state index contributed by atoms with van der Waals surface area (Å²) in [6.45, 7) is 2.98. The Hall–Kier alpha value is -3.10. The van der Waals surface area contributed by atoms with Crippen molar-refractivity contribution in [1.82, 2.24) is 9.55 Å². The molecule has 0 saturated carbocycles. The van der Waals surface area contributed by atoms with E-state index in [2.05, 4.69) is 102 Å². The van der Waals surface area contributed by atoms with Crippen LogP contribution in [0.2, 0.25) is 0 Å². The van der Waals surface area contributed by atoms with E-state index < -0.39 is 0 Å². The van der Waals surface area contributed by atoms with Crippen molar-refractivity contribution in [1.29, 1.82) is 0 Å². The highest BCUT2D eigenvalue weighted by atomic mass is 35.5. The lowest BCUT2D eigenvalue weighted by atomic mass is 10.0. The zero-order valence-electron chi connectivity index (χ0n) is 16.4. The molecule has 0 saturated heterocycles. The smallest absolute Gasteiger partial charge is 0.114 e. The number of aryl methyl sites for hydroxylation is 1. The number of hydrogen-bond acceptors (Lipinski definition) is 1. The van der Waals surface area contributed by atoms with Crippen LogP contribution in [0.1, 0.15) is 22.5 Å². The first-order valence-electron chi connectivity index (χ1n) is 9.74. The van der Waals surface area contributed by atoms with E-state index in [1.165, 1.54) is 33.0 Å². The van der Waals surface area contributed by atoms with E-state index in [-0.39, 0.29) is 12.4 Å². The van der Waals surface area contributed by atoms with Gasteiger partial charge in [-0.3, -0.25) is 0 Å². The van der Waals surface area contributed by atoms with Crippen LogP contribution < -0.4 is 0 Å². The number of imidazole rings is 1. The third-order valence-electron chi connectivity index (χ3n) is 5.39. The number of para-hydroxylation sites is 2. The summed E-state index contributed by atoms with van der Waals surface area (Å²) in [4.78, 5) is 5.00. The number of aromatic nitrogens is 2. The second-order valence-electron chi connectivity index (χ2n) is 7.41. The van der Waals surface area contributed by atoms with E-state index in [1.54, 1.807) is 0 Å². The van der Waals surface area contributed by atoms with Crippen LogP contribution in [0, 0.1) is 6.92 Å². The maximum atomic E-state index is 5.00. The van der Waals surface area contributed by atoms with Gasteiger partial charge in [0.25, 0.3) is 0 Å². The average Bonchev–Trinajstić information content (AvgIpc) is 3.05. The molecule has 0 unspecified atom stereocenters. The molecule has 0 atom stereocenters. The Morgan fingerprint density at radius 1 is 0.793 bits per heavy atom. The van der Waals surface area contributed by atoms with Gasteiger partial charge in [0, 0.05) is 13.0 Å². The second-order valence-corrected chi connectivity index (χ2v) is 7.41. The van der Waals surface area contributed by atoms with Crippen molar-refractivity contribution in [3.8, 4) is 0 Å². The summed E-state index contributed by atoms with van der Waals surface area (Å²) in [6.07, 6.45) is 0.821. The van der Waals surface area contributed by atoms with Gasteiger partial charge in [-0.15, -0.1) is 12.4 Å². The molecule has 0 aliphatic heterocycles. The zero-order chi connectivity index (χ0) is 18.9. The summed E-state index contributed by atoms with van der Waals surface area (Å²) in [5.74, 6) is 1.11. The molecule has 0 fully saturated rings. The summed E-state index contributed by atoms with van der Waals surface area (Å²) in [5, 5.41) is 2.58. The first kappa shape index (κ1) is 19.2. The summed E-state index contributed by atoms with van der Waals surface area (Å²) in [6, 6.07) is 32.3. The standard InChI is InChI=1S/C26H22N2.ClH/c1-19-8-6-9-20(16-19)18-28-25-15-5-4-14-24(25)27-26(28)17-22-12-7-11-21-10-2-3-13-23(21)22;/h2-16H,17-18H2,1H3;1H. The molecule has 0 amide bonds. The van der Waals surface area contributed by atoms with Crippen LogP contribution in [0.3, 0.4) is 0 Å². The lowest BCUT2D eigenvalue weighted by Crippen LogP contribution is -2.06. The molecule has 144 valence electrons. The highest BCUT2D eigenvalue weighted by molar-refractivity contribution is 5.86. The topological polar surface area (TPSA) is 17.8 Å². The van der Waals surface area contributed by atoms with Crippen molar-refractivity contribution in [2.45, 2.75) is 19.9 Å². The summed E-state index contributed by atoms with van der Waals surface area (Å²) in [7, 11) is 0. The number of hydrogen-bond donors (Lipinski definition) is 0. The molecule has 4 aromatic carbocycles. The van der Waals surface area contributed by atoms with Gasteiger partial charge < -0.3 is 4.57 Å². The molecule has 0 aliphatic carbocycles. The molecule has 2 nitrogen and oxygen atoms in total. The molecule has 0 aliphatic rings. The predicted octanol–water partition coefficient (Wildman–Crippen LogP) is 6.56. The minimum absolute atomic E-state index is 0. The molecule has 0 bridgehead atoms. The molecule has 29 heavy (non-hydrogen) atoms. The van der Waals surface area contributed by atoms with E-state index in [1.807, 2.05) is 0 Å². The Balaban J connectivity index is 0.00000205. The fraction of sp³-hybridized carbons (Fsp3) is 0.115. The highest BCUT2D eigenvalue weighted by Crippen LogP contribution is 2.24. The van der Waals surface area contributed by atoms with Crippen LogP contribution >= 0.6 is 12.4 Å². The summed E-state index contributed by atoms with van der Waals surface area (Å²) < 4.78 is 2.37. The summed E-state index contributed by atoms with van der Waals surface area (Å²) >= 11 is 0. The number of benzene rings is 4. The SMILES string of the molecule is Cc1cccc(Cn2c(Cc3cccc4ccccc34)nc3ccccc32)c1.Cl. The van der Waals surface area contributed by atoms with Gasteiger partial charge in [-0.05, 0) is 41.0 Å². The molecular formula is C26H23ClN2. The molecule has 3 heteroatoms. The van der Waals surface area contributed by atoms with Gasteiger partial charge >= 0.3 is 0 Å². The fourth-order valence-electron chi connectivity index (χ4n) is 4.05. The Labute approximate surface area is 177 Å². The van der Waals surface area contributed by atoms with Crippen LogP contribution in [0.15, 0.2) is 91.0 Å². The molecule has 5 aromatic rings. The van der Waals surface area contributed by atoms with Gasteiger partial charge in [0.05, 0.1) is 11.0 Å². The van der Waals surface area contributed by atoms with E-state index >= 15 is 0 Å². The number of fused-ring (bicyclic) bond motifs is 2. The first-order valence-corrected chi connectivity index (χ1v) is 9.74. The third-order valence-corrected chi connectivity index (χ3v) is 5.39. The van der Waals surface area contributed by atoms with Crippen LogP contribution in [0.5, 0.6) is 0 Å². The van der Waals surface area contributed by atoms with Gasteiger partial charge in [0.15, 0.2) is 0 Å². The predicted molar refractivity (Wildman–Crippen MR) is 124 cm³/mol. The van der Waals surface area contributed by atoms with Crippen molar-refractivity contribution >= 4 is 34.2 Å². The zero-order valence-corrected chi connectivity index (χ0v) is 17.2. The van der Waals surface area contributed by atoms with Crippen molar-refractivity contribution in [2.75, 3.05) is 0 Å². The molecule has 0 N–H and O–H groups in total. The van der Waals surface area contributed by atoms with Gasteiger partial charge in [0.2, 0.25) is 0 Å². The maximum absolute atomic E-state index is 5.00. The number of rotatable bonds is 4. The van der Waals surface area contributed by atoms with Crippen LogP contribution in [-0.2, 0) is 13.0 Å². The molecule has 1 aromatic heterocycles. The molecule has 0 spiro atoms. The van der Waals surface area contributed by atoms with Gasteiger partial charge in [-0.25, -0.2) is 4.98 Å². The van der Waals surface area contributed by atoms with Crippen molar-refractivity contribution in [2.24, 2.45) is 0 Å². The molecule has 5 rings (SSSR count). The second kappa shape index (κ2) is 8.10. The monoisotopic (exact) mass is 398 g/mol. The Kier molecular flexibility index (Phi) is 5.37. The number of nitrogens with zero attached hydrogens (tertiary/aromatic N) is 2. The van der Waals surface area contributed by atoms with E-state index in [9.17, 15) is 0 Å². The Morgan fingerprint density at radius 2 is 1.55 bits per heavy atom. The fourth-order valence-corrected chi connectivity index (χ4v) is 4.05. The lowest BCUT2D eigenvalue weighted by Gasteiger charge is -2.12. The van der Waals surface area contributed by atoms with Crippen molar-refractivity contribution in [3.05, 3.63) is 114 Å². The first-order chi connectivity index (χ1) is 13.8. The quantitative estimate of drug-likeness (QED) is 0.335. The third kappa shape index (κ3) is 3.76. The highest BCUT2D eigenvalue weighted by Gasteiger charge is 2.13. The number of halogens is 1. The van der Waals surface area contributed by atoms with E-state index in [0.29, 0.717) is 0 Å². The minimum atomic E-state index is 0. The largest absolute Gasteiger partial charge is 0.323 e. The minimum Gasteiger partial charge on any atom is -0.323 e. The lowest BCUT2D eigenvalue weighted by molar-refractivity contribution is 0.763. The van der Waals surface area contributed by atoms with Crippen LogP contribution in [0.4, 0.5) is 0 Å².